The first-order valence-corrected chi connectivity index (χ1v) is 25.3. The number of halogens is 2. The van der Waals surface area contributed by atoms with Crippen molar-refractivity contribution in [1.29, 1.82) is 0 Å². The molecule has 21 heteroatoms. The van der Waals surface area contributed by atoms with Gasteiger partial charge in [-0.25, -0.2) is 13.6 Å². The fourth-order valence-corrected chi connectivity index (χ4v) is 9.28. The quantitative estimate of drug-likeness (QED) is 0.0537. The lowest BCUT2D eigenvalue weighted by atomic mass is 9.99. The monoisotopic (exact) mass is 1050 g/mol. The van der Waals surface area contributed by atoms with Gasteiger partial charge in [-0.1, -0.05) is 25.6 Å². The number of ether oxygens (including phenoxy) is 4. The number of carboxylic acids is 1. The summed E-state index contributed by atoms with van der Waals surface area (Å²) in [6.45, 7) is 13.8. The Kier molecular flexibility index (Phi) is 18.8. The average Bonchev–Trinajstić information content (AvgIpc) is 4.27. The SMILES string of the molecule is C.CC(C)n1cc2ccc(C(=O)C(=O)N[C@H](CN3CCCC3)[C@H](O)c3cc(F)c4c(c3)OCCO4)cc2n1.CC(C)n1cc2ccc(C(=O)C(=O)O)cc2n1.N[C@H](CN1CCCC1)[C@H](O)c1cc(F)c2c(c1)OCCO2. The van der Waals surface area contributed by atoms with Crippen LogP contribution in [0.4, 0.5) is 8.78 Å². The molecule has 2 saturated heterocycles. The number of carboxylic acid groups (broad SMARTS) is 1. The number of carbonyl (C=O) groups excluding carboxylic acids is 3. The van der Waals surface area contributed by atoms with Gasteiger partial charge in [0.05, 0.1) is 23.2 Å². The van der Waals surface area contributed by atoms with E-state index in [1.165, 1.54) is 43.2 Å². The summed E-state index contributed by atoms with van der Waals surface area (Å²) in [6.07, 6.45) is 5.93. The van der Waals surface area contributed by atoms with Gasteiger partial charge >= 0.3 is 5.97 Å². The van der Waals surface area contributed by atoms with Crippen LogP contribution in [0.2, 0.25) is 0 Å². The highest BCUT2D eigenvalue weighted by Crippen LogP contribution is 2.38. The van der Waals surface area contributed by atoms with Crippen molar-refractivity contribution in [3.05, 3.63) is 107 Å². The van der Waals surface area contributed by atoms with E-state index in [4.69, 9.17) is 29.8 Å². The maximum atomic E-state index is 14.7. The number of nitrogens with one attached hydrogen (secondary N) is 1. The van der Waals surface area contributed by atoms with E-state index in [9.17, 15) is 38.2 Å². The molecule has 1 amide bonds. The number of aliphatic hydroxyl groups excluding tert-OH is 2. The molecule has 76 heavy (non-hydrogen) atoms. The number of ketones is 2. The zero-order valence-corrected chi connectivity index (χ0v) is 42.4. The van der Waals surface area contributed by atoms with Gasteiger partial charge in [0.1, 0.15) is 32.5 Å². The molecule has 19 nitrogen and oxygen atoms in total. The Morgan fingerprint density at radius 2 is 1.07 bits per heavy atom. The molecule has 4 aromatic carbocycles. The molecule has 408 valence electrons. The van der Waals surface area contributed by atoms with Crippen LogP contribution in [-0.4, -0.2) is 146 Å². The van der Waals surface area contributed by atoms with Crippen LogP contribution in [0, 0.1) is 11.6 Å². The smallest absolute Gasteiger partial charge is 0.377 e. The van der Waals surface area contributed by atoms with Crippen LogP contribution in [0.1, 0.15) is 117 Å². The van der Waals surface area contributed by atoms with Crippen molar-refractivity contribution in [2.75, 3.05) is 65.7 Å². The molecule has 2 fully saturated rings. The first-order valence-electron chi connectivity index (χ1n) is 25.3. The molecule has 2 aromatic heterocycles. The van der Waals surface area contributed by atoms with E-state index < -0.39 is 59.4 Å². The van der Waals surface area contributed by atoms with Gasteiger partial charge < -0.3 is 55.1 Å². The van der Waals surface area contributed by atoms with Crippen LogP contribution in [0.25, 0.3) is 21.8 Å². The minimum absolute atomic E-state index is 0. The van der Waals surface area contributed by atoms with Gasteiger partial charge in [-0.15, -0.1) is 0 Å². The number of rotatable bonds is 15. The van der Waals surface area contributed by atoms with E-state index in [0.717, 1.165) is 49.8 Å². The van der Waals surface area contributed by atoms with Crippen LogP contribution in [-0.2, 0) is 9.59 Å². The molecule has 0 saturated carbocycles. The molecule has 4 aliphatic rings. The summed E-state index contributed by atoms with van der Waals surface area (Å²) in [6, 6.07) is 14.3. The lowest BCUT2D eigenvalue weighted by Gasteiger charge is -2.29. The molecule has 0 spiro atoms. The summed E-state index contributed by atoms with van der Waals surface area (Å²) in [5, 5.41) is 43.5. The summed E-state index contributed by atoms with van der Waals surface area (Å²) in [7, 11) is 0. The third-order valence-electron chi connectivity index (χ3n) is 13.4. The van der Waals surface area contributed by atoms with Crippen molar-refractivity contribution in [2.24, 2.45) is 5.73 Å². The number of aromatic nitrogens is 4. The van der Waals surface area contributed by atoms with Crippen molar-refractivity contribution in [3.63, 3.8) is 0 Å². The summed E-state index contributed by atoms with van der Waals surface area (Å²) in [5.74, 6) is -4.44. The van der Waals surface area contributed by atoms with Crippen LogP contribution in [0.5, 0.6) is 23.0 Å². The van der Waals surface area contributed by atoms with E-state index >= 15 is 0 Å². The van der Waals surface area contributed by atoms with Crippen LogP contribution >= 0.6 is 0 Å². The van der Waals surface area contributed by atoms with Crippen LogP contribution < -0.4 is 30.0 Å². The summed E-state index contributed by atoms with van der Waals surface area (Å²) in [5.41, 5.74) is 8.35. The van der Waals surface area contributed by atoms with Crippen LogP contribution in [0.3, 0.4) is 0 Å². The summed E-state index contributed by atoms with van der Waals surface area (Å²) < 4.78 is 53.7. The predicted molar refractivity (Wildman–Crippen MR) is 279 cm³/mol. The minimum Gasteiger partial charge on any atom is -0.486 e. The highest BCUT2D eigenvalue weighted by molar-refractivity contribution is 6.43. The highest BCUT2D eigenvalue weighted by Gasteiger charge is 2.32. The Morgan fingerprint density at radius 1 is 0.632 bits per heavy atom. The number of carbonyl (C=O) groups is 4. The topological polar surface area (TPSA) is 246 Å². The van der Waals surface area contributed by atoms with E-state index in [1.54, 1.807) is 39.7 Å². The molecule has 6 heterocycles. The van der Waals surface area contributed by atoms with Gasteiger partial charge in [-0.05, 0) is 133 Å². The van der Waals surface area contributed by atoms with Crippen molar-refractivity contribution >= 4 is 45.2 Å². The third-order valence-corrected chi connectivity index (χ3v) is 13.4. The predicted octanol–water partition coefficient (Wildman–Crippen LogP) is 6.60. The van der Waals surface area contributed by atoms with E-state index in [-0.39, 0.29) is 66.7 Å². The third kappa shape index (κ3) is 13.5. The Bertz CT molecular complexity index is 3020. The molecule has 6 aromatic rings. The number of likely N-dealkylation sites (tertiary alicyclic amines) is 2. The average molecular weight is 1060 g/mol. The van der Waals surface area contributed by atoms with Gasteiger partial charge in [-0.2, -0.15) is 10.2 Å². The normalized spacial score (nSPS) is 16.7. The lowest BCUT2D eigenvalue weighted by molar-refractivity contribution is -0.131. The van der Waals surface area contributed by atoms with Gasteiger partial charge in [0.15, 0.2) is 34.6 Å². The molecule has 0 bridgehead atoms. The molecule has 0 unspecified atom stereocenters. The molecule has 10 rings (SSSR count). The van der Waals surface area contributed by atoms with Gasteiger partial charge in [0, 0.05) is 65.5 Å². The molecular weight excluding hydrogens is 987 g/mol. The van der Waals surface area contributed by atoms with Gasteiger partial charge in [-0.3, -0.25) is 23.7 Å². The molecule has 4 atom stereocenters. The number of fused-ring (bicyclic) bond motifs is 4. The van der Waals surface area contributed by atoms with E-state index in [0.29, 0.717) is 48.6 Å². The molecule has 6 N–H and O–H groups in total. The Labute approximate surface area is 439 Å². The lowest BCUT2D eigenvalue weighted by Crippen LogP contribution is -2.48. The number of nitrogens with zero attached hydrogens (tertiary/aromatic N) is 6. The number of nitrogens with two attached hydrogens (primary N) is 1. The second kappa shape index (κ2) is 25.2. The number of amides is 1. The van der Waals surface area contributed by atoms with E-state index in [2.05, 4.69) is 25.3 Å². The number of hydrogen-bond donors (Lipinski definition) is 5. The summed E-state index contributed by atoms with van der Waals surface area (Å²) in [4.78, 5) is 52.3. The zero-order valence-electron chi connectivity index (χ0n) is 42.4. The summed E-state index contributed by atoms with van der Waals surface area (Å²) >= 11 is 0. The van der Waals surface area contributed by atoms with Gasteiger partial charge in [0.25, 0.3) is 11.7 Å². The van der Waals surface area contributed by atoms with Crippen molar-refractivity contribution in [3.8, 4) is 23.0 Å². The van der Waals surface area contributed by atoms with Crippen LogP contribution in [0.15, 0.2) is 73.1 Å². The highest BCUT2D eigenvalue weighted by atomic mass is 19.1. The standard InChI is InChI=1S/C27H31FN4O5.C15H21FN2O3.C12H12N2O3.CH4/c1-16(2)32-14-18-6-5-17(12-21(18)30-32)25(34)27(35)29-22(15-31-7-3-4-8-31)24(33)19-11-20(28)26-23(13-19)36-9-10-37-26;16-11-7-10(8-13-15(11)21-6-5-20-13)14(19)12(17)9-18-3-1-2-4-18;1-7(2)14-6-9-4-3-8(5-10(9)13-14)11(15)12(16)17;/h5-6,11-14,16,22,24,33H,3-4,7-10,15H2,1-2H3,(H,29,35);7-8,12,14,19H,1-6,9,17H2;3-7H,1-2H3,(H,16,17);1H4/t22-,24-;12-,14-;;/m11../s1. The number of hydrogen-bond acceptors (Lipinski definition) is 15. The number of aliphatic hydroxyl groups is 2. The largest absolute Gasteiger partial charge is 0.486 e. The molecule has 4 aliphatic heterocycles. The van der Waals surface area contributed by atoms with Crippen molar-refractivity contribution in [1.82, 2.24) is 34.7 Å². The molecule has 0 radical (unpaired) electrons. The van der Waals surface area contributed by atoms with Crippen molar-refractivity contribution in [2.45, 2.75) is 97.2 Å². The number of Topliss-reactive ketones (excluding diaryl/α,β-unsaturated/α-hetero) is 2. The Balaban J connectivity index is 0.000000182. The molecular formula is C55H68F2N8O11. The second-order valence-corrected chi connectivity index (χ2v) is 19.6. The molecule has 0 aliphatic carbocycles. The fraction of sp³-hybridized carbons (Fsp3) is 0.455. The second-order valence-electron chi connectivity index (χ2n) is 19.6. The maximum Gasteiger partial charge on any atom is 0.377 e. The zero-order chi connectivity index (χ0) is 53.5. The van der Waals surface area contributed by atoms with Gasteiger partial charge in [0.2, 0.25) is 5.78 Å². The van der Waals surface area contributed by atoms with Crippen molar-refractivity contribution < 1.29 is 62.2 Å². The maximum absolute atomic E-state index is 14.7. The van der Waals surface area contributed by atoms with E-state index in [1.807, 2.05) is 40.1 Å². The Hall–Kier alpha value is -7.04. The first-order chi connectivity index (χ1) is 35.9. The number of aliphatic carboxylic acids is 1. The first kappa shape index (κ1) is 56.7. The number of benzene rings is 4. The fourth-order valence-electron chi connectivity index (χ4n) is 9.28. The minimum atomic E-state index is -1.45. The Morgan fingerprint density at radius 3 is 1.53 bits per heavy atom.